The van der Waals surface area contributed by atoms with E-state index in [1.165, 1.54) is 114 Å². The van der Waals surface area contributed by atoms with Crippen molar-refractivity contribution in [3.8, 4) is 52.1 Å². The predicted octanol–water partition coefficient (Wildman–Crippen LogP) is 17.0. The molecule has 0 atom stereocenters. The second-order valence-electron chi connectivity index (χ2n) is 31.9. The van der Waals surface area contributed by atoms with Crippen LogP contribution in [0.5, 0.6) is 52.1 Å². The van der Waals surface area contributed by atoms with Crippen LogP contribution in [0.25, 0.3) is 0 Å². The van der Waals surface area contributed by atoms with Gasteiger partial charge in [-0.25, -0.2) is 29.3 Å². The number of ether oxygens (including phenoxy) is 11. The number of nitrogens with zero attached hydrogens (tertiary/aromatic N) is 7. The maximum Gasteiger partial charge on any atom is 0.573 e. The van der Waals surface area contributed by atoms with Crippen LogP contribution in [0.1, 0.15) is 214 Å². The van der Waals surface area contributed by atoms with Crippen molar-refractivity contribution < 1.29 is 168 Å². The lowest BCUT2D eigenvalue weighted by Gasteiger charge is -2.36. The Morgan fingerprint density at radius 1 is 0.394 bits per heavy atom. The maximum absolute atomic E-state index is 12.5. The lowest BCUT2D eigenvalue weighted by atomic mass is 9.76. The Balaban J connectivity index is 0.000000175. The molecule has 5 aliphatic rings. The first-order valence-electron chi connectivity index (χ1n) is 41.6. The molecule has 0 radical (unpaired) electrons. The summed E-state index contributed by atoms with van der Waals surface area (Å²) in [5.41, 5.74) is -2.34. The molecule has 5 saturated carbocycles. The zero-order valence-electron chi connectivity index (χ0n) is 71.2. The van der Waals surface area contributed by atoms with E-state index in [2.05, 4.69) is 71.7 Å². The third-order valence-corrected chi connectivity index (χ3v) is 22.5. The zero-order chi connectivity index (χ0) is 96.3. The lowest BCUT2D eigenvalue weighted by Crippen LogP contribution is -2.36. The number of aromatic nitrogens is 9. The molecule has 3 aromatic heterocycles. The van der Waals surface area contributed by atoms with Crippen molar-refractivity contribution in [2.24, 2.45) is 5.92 Å². The van der Waals surface area contributed by atoms with Gasteiger partial charge in [0, 0.05) is 0 Å². The van der Waals surface area contributed by atoms with E-state index >= 15 is 0 Å². The molecule has 0 saturated heterocycles. The standard InChI is InChI=1S/C26H28F3N3O6.C18H20F3N3O5.C16H16F3N3O5.C14H17F3O2.C13H15F3O3/c1-3-36-24(33)22-23(32(31-30-22)16-17-4-8-19(35-2)9-5-17)37-20-12-14-25(34,15-13-20)18-6-10-21(11-7-18)38-26(27,28)29;1-2-27-16(25)14-15(23-24-22-14)28-12-7-9-17(26,10-8-12)11-3-5-13(6-4-11)29-18(19,20)21;17-16(18,19)27-11-3-1-9(2-4-11)15(25)7-5-10(6-8-15)26-13-12(14(23)24)20-22-21-13;1-10-6-8-13(18,9-7-10)11-2-4-12(5-3-11)19-14(15,16)17;14-13(15,16)19-11-3-1-9(2-4-11)12(18)7-5-10(17)6-8-12/h4-11,20,34H,3,12-16H2,1-2H3;3-6,12,26H,2,7-10H2,1H3,(H,22,23,24);1-4,10,25H,5-8H2,(H,23,24)(H,20,21,22);2-5,10,18H,6-9H2,1H3;1-4,10,17-18H,5-8H2. The fraction of sp³-hybridized carbons (Fsp3) is 0.483. The Bertz CT molecular complexity index is 5040. The Kier molecular flexibility index (Phi) is 33.8. The average molecular weight is 1890 g/mol. The largest absolute Gasteiger partial charge is 0.573 e. The summed E-state index contributed by atoms with van der Waals surface area (Å²) < 4.78 is 236. The van der Waals surface area contributed by atoms with Crippen molar-refractivity contribution in [2.45, 2.75) is 240 Å². The molecule has 6 aromatic carbocycles. The number of aliphatic hydroxyl groups excluding tert-OH is 1. The van der Waals surface area contributed by atoms with E-state index in [0.717, 1.165) is 30.5 Å². The van der Waals surface area contributed by atoms with Crippen molar-refractivity contribution >= 4 is 17.9 Å². The highest BCUT2D eigenvalue weighted by atomic mass is 19.4. The minimum absolute atomic E-state index is 0.0212. The number of carboxylic acids is 1. The number of aromatic amines is 2. The molecule has 30 nitrogen and oxygen atoms in total. The van der Waals surface area contributed by atoms with Crippen LogP contribution >= 0.6 is 0 Å². The van der Waals surface area contributed by atoms with E-state index in [4.69, 9.17) is 33.5 Å². The van der Waals surface area contributed by atoms with Gasteiger partial charge in [-0.05, 0) is 254 Å². The first-order chi connectivity index (χ1) is 62.0. The third kappa shape index (κ3) is 30.0. The van der Waals surface area contributed by atoms with Gasteiger partial charge in [-0.15, -0.1) is 71.0 Å². The van der Waals surface area contributed by atoms with Crippen molar-refractivity contribution in [1.29, 1.82) is 0 Å². The molecule has 5 aliphatic carbocycles. The average Bonchev–Trinajstić information content (AvgIpc) is 1.44. The van der Waals surface area contributed by atoms with Crippen molar-refractivity contribution in [3.05, 3.63) is 196 Å². The number of alkyl halides is 15. The van der Waals surface area contributed by atoms with Gasteiger partial charge in [0.1, 0.15) is 52.8 Å². The minimum atomic E-state index is -4.79. The quantitative estimate of drug-likeness (QED) is 0.0200. The Hall–Kier alpha value is -11.9. The molecule has 5 fully saturated rings. The summed E-state index contributed by atoms with van der Waals surface area (Å²) in [6.07, 6.45) is -15.9. The summed E-state index contributed by atoms with van der Waals surface area (Å²) >= 11 is 0. The van der Waals surface area contributed by atoms with Gasteiger partial charge in [0.2, 0.25) is 23.0 Å². The van der Waals surface area contributed by atoms with Crippen LogP contribution in [0.3, 0.4) is 0 Å². The normalized spacial score (nSPS) is 23.3. The number of benzene rings is 6. The van der Waals surface area contributed by atoms with E-state index in [1.54, 1.807) is 21.0 Å². The first-order valence-corrected chi connectivity index (χ1v) is 41.6. The molecule has 9 N–H and O–H groups in total. The number of carbonyl (C=O) groups is 3. The SMILES string of the molecule is CC1CCC(O)(c2ccc(OC(F)(F)F)cc2)CC1.CCOC(=O)c1[nH]nnc1OC1CCC(O)(c2ccc(OC(F)(F)F)cc2)CC1.CCOC(=O)c1nnn(Cc2ccc(OC)cc2)c1OC1CCC(O)(c2ccc(OC(F)(F)F)cc2)CC1.O=C(O)c1[nH]nnc1OC1CCC(O)(c2ccc(OC(F)(F)F)cc2)CC1.OC1CCC(O)(c2ccc(OC(F)(F)F)cc2)CC1. The summed E-state index contributed by atoms with van der Waals surface area (Å²) in [5.74, 6) is -2.78. The fourth-order valence-corrected chi connectivity index (χ4v) is 15.5. The number of H-pyrrole nitrogens is 2. The van der Waals surface area contributed by atoms with Crippen molar-refractivity contribution in [1.82, 2.24) is 45.8 Å². The van der Waals surface area contributed by atoms with Gasteiger partial charge >= 0.3 is 49.7 Å². The Morgan fingerprint density at radius 3 is 0.977 bits per heavy atom. The van der Waals surface area contributed by atoms with Crippen LogP contribution in [0.15, 0.2) is 146 Å². The highest BCUT2D eigenvalue weighted by Crippen LogP contribution is 2.46. The number of carbonyl (C=O) groups excluding carboxylic acids is 2. The Labute approximate surface area is 743 Å². The molecule has 0 bridgehead atoms. The van der Waals surface area contributed by atoms with Gasteiger partial charge in [-0.2, -0.15) is 0 Å². The first kappa shape index (κ1) is 102. The summed E-state index contributed by atoms with van der Waals surface area (Å²) in [4.78, 5) is 35.4. The van der Waals surface area contributed by atoms with E-state index in [9.17, 15) is 111 Å². The second kappa shape index (κ2) is 43.6. The molecule has 0 amide bonds. The van der Waals surface area contributed by atoms with Crippen molar-refractivity contribution in [3.63, 3.8) is 0 Å². The van der Waals surface area contributed by atoms with Gasteiger partial charge in [0.05, 0.1) is 61.0 Å². The van der Waals surface area contributed by atoms with E-state index in [1.807, 2.05) is 24.3 Å². The van der Waals surface area contributed by atoms with Crippen LogP contribution in [-0.4, -0.2) is 176 Å². The maximum atomic E-state index is 12.5. The number of nitrogens with one attached hydrogen (secondary N) is 2. The lowest BCUT2D eigenvalue weighted by molar-refractivity contribution is -0.275. The topological polar surface area (TPSA) is 408 Å². The van der Waals surface area contributed by atoms with Gasteiger partial charge < -0.3 is 87.9 Å². The van der Waals surface area contributed by atoms with Gasteiger partial charge in [-0.1, -0.05) is 106 Å². The number of halogens is 15. The highest BCUT2D eigenvalue weighted by molar-refractivity contribution is 5.90. The molecule has 132 heavy (non-hydrogen) atoms. The second-order valence-corrected chi connectivity index (χ2v) is 31.9. The molecule has 0 spiro atoms. The molecule has 0 aliphatic heterocycles. The molecule has 9 aromatic rings. The predicted molar refractivity (Wildman–Crippen MR) is 430 cm³/mol. The number of rotatable bonds is 24. The summed E-state index contributed by atoms with van der Waals surface area (Å²) in [6.45, 7) is 6.14. The number of hydrogen-bond donors (Lipinski definition) is 9. The van der Waals surface area contributed by atoms with Crippen LogP contribution in [0, 0.1) is 5.92 Å². The number of carboxylic acid groups (broad SMARTS) is 1. The highest BCUT2D eigenvalue weighted by Gasteiger charge is 2.44. The number of aliphatic hydroxyl groups is 6. The van der Waals surface area contributed by atoms with Gasteiger partial charge in [-0.3, -0.25) is 0 Å². The van der Waals surface area contributed by atoms with E-state index < -0.39 is 83.8 Å². The monoisotopic (exact) mass is 1890 g/mol. The summed E-state index contributed by atoms with van der Waals surface area (Å²) in [5, 5.41) is 99.3. The molecule has 3 heterocycles. The Morgan fingerprint density at radius 2 is 0.674 bits per heavy atom. The smallest absolute Gasteiger partial charge is 0.497 e. The van der Waals surface area contributed by atoms with Gasteiger partial charge in [0.15, 0.2) is 0 Å². The number of methoxy groups -OCH3 is 1. The zero-order valence-corrected chi connectivity index (χ0v) is 71.2. The van der Waals surface area contributed by atoms with Crippen LogP contribution in [0.2, 0.25) is 0 Å². The number of aromatic carboxylic acids is 1. The van der Waals surface area contributed by atoms with Crippen molar-refractivity contribution in [2.75, 3.05) is 20.3 Å². The number of hydrogen-bond acceptors (Lipinski definition) is 26. The molecule has 0 unspecified atom stereocenters. The van der Waals surface area contributed by atoms with Crippen LogP contribution in [-0.2, 0) is 44.0 Å². The molecule has 45 heteroatoms. The molecule has 14 rings (SSSR count). The summed E-state index contributed by atoms with van der Waals surface area (Å²) in [7, 11) is 1.58. The molecular formula is C87H96F15N9O21. The fourth-order valence-electron chi connectivity index (χ4n) is 15.5. The molecular weight excluding hydrogens is 1790 g/mol. The third-order valence-electron chi connectivity index (χ3n) is 22.5. The minimum Gasteiger partial charge on any atom is -0.497 e. The summed E-state index contributed by atoms with van der Waals surface area (Å²) in [6, 6.07) is 33.6. The van der Waals surface area contributed by atoms with E-state index in [0.29, 0.717) is 142 Å². The molecule has 720 valence electrons. The van der Waals surface area contributed by atoms with Gasteiger partial charge in [0.25, 0.3) is 11.8 Å². The van der Waals surface area contributed by atoms with Crippen LogP contribution in [0.4, 0.5) is 65.9 Å². The number of esters is 2. The van der Waals surface area contributed by atoms with Crippen LogP contribution < -0.4 is 42.6 Å². The van der Waals surface area contributed by atoms with E-state index in [-0.39, 0.29) is 114 Å².